The molecule has 3 aromatic carbocycles. The second-order valence-corrected chi connectivity index (χ2v) is 5.83. The average Bonchev–Trinajstić information content (AvgIpc) is 2.99. The van der Waals surface area contributed by atoms with Gasteiger partial charge in [-0.05, 0) is 35.5 Å². The summed E-state index contributed by atoms with van der Waals surface area (Å²) < 4.78 is 6.16. The summed E-state index contributed by atoms with van der Waals surface area (Å²) in [6.07, 6.45) is 0. The lowest BCUT2D eigenvalue weighted by Crippen LogP contribution is -2.29. The molecule has 0 atom stereocenters. The molecular weight excluding hydrogens is 318 g/mol. The van der Waals surface area contributed by atoms with Gasteiger partial charge in [-0.1, -0.05) is 42.5 Å². The summed E-state index contributed by atoms with van der Waals surface area (Å²) >= 11 is 0. The van der Waals surface area contributed by atoms with Crippen molar-refractivity contribution in [3.05, 3.63) is 95.1 Å². The fourth-order valence-electron chi connectivity index (χ4n) is 3.29. The van der Waals surface area contributed by atoms with Gasteiger partial charge in [0.2, 0.25) is 0 Å². The van der Waals surface area contributed by atoms with Crippen LogP contribution in [0.2, 0.25) is 0 Å². The van der Waals surface area contributed by atoms with Gasteiger partial charge in [0.15, 0.2) is 5.60 Å². The maximum absolute atomic E-state index is 9.65. The number of rotatable bonds is 2. The molecule has 0 fully saturated rings. The van der Waals surface area contributed by atoms with Gasteiger partial charge in [-0.3, -0.25) is 0 Å². The van der Waals surface area contributed by atoms with Crippen LogP contribution >= 0.6 is 0 Å². The van der Waals surface area contributed by atoms with Gasteiger partial charge < -0.3 is 20.2 Å². The molecule has 0 aliphatic carbocycles. The molecule has 3 aromatic rings. The Bertz CT molecular complexity index is 901. The number of hydrogen-bond acceptors (Lipinski definition) is 5. The van der Waals surface area contributed by atoms with E-state index in [2.05, 4.69) is 5.16 Å². The van der Waals surface area contributed by atoms with Crippen LogP contribution in [-0.4, -0.2) is 21.3 Å². The van der Waals surface area contributed by atoms with Gasteiger partial charge in [0, 0.05) is 22.3 Å². The third kappa shape index (κ3) is 2.21. The van der Waals surface area contributed by atoms with Crippen molar-refractivity contribution in [3.8, 4) is 11.5 Å². The van der Waals surface area contributed by atoms with Crippen LogP contribution < -0.4 is 0 Å². The van der Waals surface area contributed by atoms with Gasteiger partial charge in [0.25, 0.3) is 5.90 Å². The highest BCUT2D eigenvalue weighted by Gasteiger charge is 2.47. The lowest BCUT2D eigenvalue weighted by atomic mass is 9.80. The van der Waals surface area contributed by atoms with Crippen LogP contribution in [0.1, 0.15) is 22.3 Å². The number of phenolic OH excluding ortho intramolecular Hbond substituents is 2. The largest absolute Gasteiger partial charge is 0.508 e. The first-order chi connectivity index (χ1) is 12.1. The standard InChI is InChI=1S/C20H15NO4/c22-15-9-5-13(6-10-15)20(14-7-11-16(23)12-8-14)18-4-2-1-3-17(18)19(21-24)25-20/h1-12,22-24H/b21-19+. The normalized spacial score (nSPS) is 16.4. The summed E-state index contributed by atoms with van der Waals surface area (Å²) in [6.45, 7) is 0. The van der Waals surface area contributed by atoms with E-state index in [1.54, 1.807) is 48.5 Å². The molecule has 0 saturated heterocycles. The van der Waals surface area contributed by atoms with E-state index in [1.165, 1.54) is 0 Å². The van der Waals surface area contributed by atoms with Crippen molar-refractivity contribution in [2.45, 2.75) is 5.60 Å². The number of fused-ring (bicyclic) bond motifs is 1. The van der Waals surface area contributed by atoms with E-state index in [0.29, 0.717) is 5.56 Å². The monoisotopic (exact) mass is 333 g/mol. The van der Waals surface area contributed by atoms with Crippen LogP contribution in [0.25, 0.3) is 0 Å². The smallest absolute Gasteiger partial charge is 0.259 e. The van der Waals surface area contributed by atoms with Crippen molar-refractivity contribution in [3.63, 3.8) is 0 Å². The zero-order valence-corrected chi connectivity index (χ0v) is 13.1. The van der Waals surface area contributed by atoms with Crippen LogP contribution in [0.3, 0.4) is 0 Å². The highest BCUT2D eigenvalue weighted by atomic mass is 16.5. The maximum Gasteiger partial charge on any atom is 0.259 e. The van der Waals surface area contributed by atoms with E-state index in [1.807, 2.05) is 24.3 Å². The number of nitrogens with zero attached hydrogens (tertiary/aromatic N) is 1. The fraction of sp³-hybridized carbons (Fsp3) is 0.0500. The van der Waals surface area contributed by atoms with Crippen molar-refractivity contribution in [1.82, 2.24) is 0 Å². The van der Waals surface area contributed by atoms with Gasteiger partial charge in [0.1, 0.15) is 11.5 Å². The quantitative estimate of drug-likeness (QED) is 0.495. The first-order valence-corrected chi connectivity index (χ1v) is 7.75. The van der Waals surface area contributed by atoms with Crippen LogP contribution in [0.4, 0.5) is 0 Å². The summed E-state index contributed by atoms with van der Waals surface area (Å²) in [5, 5.41) is 32.0. The number of aromatic hydroxyl groups is 2. The maximum atomic E-state index is 9.65. The molecule has 0 spiro atoms. The highest BCUT2D eigenvalue weighted by Crippen LogP contribution is 2.47. The lowest BCUT2D eigenvalue weighted by molar-refractivity contribution is 0.147. The van der Waals surface area contributed by atoms with Crippen molar-refractivity contribution >= 4 is 5.90 Å². The molecule has 0 unspecified atom stereocenters. The minimum atomic E-state index is -1.04. The topological polar surface area (TPSA) is 82.3 Å². The van der Waals surface area contributed by atoms with Gasteiger partial charge in [-0.2, -0.15) is 0 Å². The Labute approximate surface area is 144 Å². The van der Waals surface area contributed by atoms with Crippen molar-refractivity contribution in [2.24, 2.45) is 5.16 Å². The van der Waals surface area contributed by atoms with Crippen LogP contribution in [-0.2, 0) is 10.3 Å². The average molecular weight is 333 g/mol. The van der Waals surface area contributed by atoms with Crippen molar-refractivity contribution in [1.29, 1.82) is 0 Å². The van der Waals surface area contributed by atoms with Gasteiger partial charge >= 0.3 is 0 Å². The number of hydrogen-bond donors (Lipinski definition) is 3. The molecule has 1 heterocycles. The predicted octanol–water partition coefficient (Wildman–Crippen LogP) is 3.56. The fourth-order valence-corrected chi connectivity index (χ4v) is 3.29. The highest BCUT2D eigenvalue weighted by molar-refractivity contribution is 5.99. The first kappa shape index (κ1) is 15.1. The van der Waals surface area contributed by atoms with E-state index in [0.717, 1.165) is 16.7 Å². The Morgan fingerprint density at radius 1 is 0.720 bits per heavy atom. The summed E-state index contributed by atoms with van der Waals surface area (Å²) in [7, 11) is 0. The minimum Gasteiger partial charge on any atom is -0.508 e. The van der Waals surface area contributed by atoms with E-state index in [4.69, 9.17) is 4.74 Å². The lowest BCUT2D eigenvalue weighted by Gasteiger charge is -2.30. The van der Waals surface area contributed by atoms with Gasteiger partial charge in [-0.25, -0.2) is 0 Å². The van der Waals surface area contributed by atoms with E-state index >= 15 is 0 Å². The second-order valence-electron chi connectivity index (χ2n) is 5.83. The number of phenols is 2. The zero-order chi connectivity index (χ0) is 17.4. The van der Waals surface area contributed by atoms with E-state index in [9.17, 15) is 15.4 Å². The molecule has 5 nitrogen and oxygen atoms in total. The molecule has 0 aromatic heterocycles. The third-order valence-electron chi connectivity index (χ3n) is 4.43. The second kappa shape index (κ2) is 5.56. The SMILES string of the molecule is O/N=C1/OC(c2ccc(O)cc2)(c2ccc(O)cc2)c2ccccc21. The van der Waals surface area contributed by atoms with Crippen molar-refractivity contribution in [2.75, 3.05) is 0 Å². The molecule has 1 aliphatic heterocycles. The van der Waals surface area contributed by atoms with Gasteiger partial charge in [0.05, 0.1) is 0 Å². The molecule has 0 bridgehead atoms. The number of benzene rings is 3. The summed E-state index contributed by atoms with van der Waals surface area (Å²) in [4.78, 5) is 0. The molecule has 0 amide bonds. The minimum absolute atomic E-state index is 0.122. The van der Waals surface area contributed by atoms with Crippen molar-refractivity contribution < 1.29 is 20.2 Å². The molecule has 1 aliphatic rings. The molecule has 0 saturated carbocycles. The van der Waals surface area contributed by atoms with E-state index < -0.39 is 5.60 Å². The molecule has 5 heteroatoms. The summed E-state index contributed by atoms with van der Waals surface area (Å²) in [6, 6.07) is 20.8. The summed E-state index contributed by atoms with van der Waals surface area (Å²) in [5.41, 5.74) is 1.99. The first-order valence-electron chi connectivity index (χ1n) is 7.75. The van der Waals surface area contributed by atoms with E-state index in [-0.39, 0.29) is 17.4 Å². The zero-order valence-electron chi connectivity index (χ0n) is 13.1. The number of oxime groups is 1. The summed E-state index contributed by atoms with van der Waals surface area (Å²) in [5.74, 6) is 0.413. The number of ether oxygens (including phenoxy) is 1. The Morgan fingerprint density at radius 3 is 1.76 bits per heavy atom. The molecule has 25 heavy (non-hydrogen) atoms. The third-order valence-corrected chi connectivity index (χ3v) is 4.43. The van der Waals surface area contributed by atoms with Crippen LogP contribution in [0.5, 0.6) is 11.5 Å². The molecule has 3 N–H and O–H groups in total. The molecule has 4 rings (SSSR count). The van der Waals surface area contributed by atoms with Gasteiger partial charge in [-0.15, -0.1) is 0 Å². The predicted molar refractivity (Wildman–Crippen MR) is 91.9 cm³/mol. The Hall–Kier alpha value is -3.47. The Morgan fingerprint density at radius 2 is 1.24 bits per heavy atom. The molecule has 0 radical (unpaired) electrons. The van der Waals surface area contributed by atoms with Crippen LogP contribution in [0.15, 0.2) is 78.0 Å². The molecular formula is C20H15NO4. The Balaban J connectivity index is 2.04. The van der Waals surface area contributed by atoms with Crippen LogP contribution in [0, 0.1) is 0 Å². The Kier molecular flexibility index (Phi) is 3.35. The molecule has 124 valence electrons.